The van der Waals surface area contributed by atoms with Gasteiger partial charge in [0, 0.05) is 23.5 Å². The molecular formula is C16H19N3O3S. The zero-order valence-electron chi connectivity index (χ0n) is 12.7. The first-order valence-electron chi connectivity index (χ1n) is 7.80. The number of carbonyl (C=O) groups is 1. The second-order valence-electron chi connectivity index (χ2n) is 5.77. The second kappa shape index (κ2) is 6.95. The molecule has 0 unspecified atom stereocenters. The first-order valence-corrected chi connectivity index (χ1v) is 8.68. The van der Waals surface area contributed by atoms with Crippen molar-refractivity contribution in [2.24, 2.45) is 0 Å². The maximum absolute atomic E-state index is 12.7. The van der Waals surface area contributed by atoms with Crippen molar-refractivity contribution in [1.29, 1.82) is 0 Å². The van der Waals surface area contributed by atoms with Crippen molar-refractivity contribution in [1.82, 2.24) is 14.9 Å². The van der Waals surface area contributed by atoms with Crippen LogP contribution in [0, 0.1) is 0 Å². The van der Waals surface area contributed by atoms with Gasteiger partial charge >= 0.3 is 5.69 Å². The topological polar surface area (TPSA) is 86.0 Å². The van der Waals surface area contributed by atoms with E-state index in [2.05, 4.69) is 21.4 Å². The highest BCUT2D eigenvalue weighted by Gasteiger charge is 2.28. The molecule has 1 aliphatic heterocycles. The average molecular weight is 333 g/mol. The molecule has 6 nitrogen and oxygen atoms in total. The van der Waals surface area contributed by atoms with E-state index in [0.717, 1.165) is 38.2 Å². The zero-order chi connectivity index (χ0) is 16.2. The van der Waals surface area contributed by atoms with Gasteiger partial charge in [-0.2, -0.15) is 0 Å². The molecule has 0 aromatic carbocycles. The Balaban J connectivity index is 1.75. The molecule has 3 rings (SSSR count). The van der Waals surface area contributed by atoms with Gasteiger partial charge in [0.2, 0.25) is 0 Å². The molecular weight excluding hydrogens is 314 g/mol. The molecule has 1 fully saturated rings. The van der Waals surface area contributed by atoms with Gasteiger partial charge in [0.1, 0.15) is 5.69 Å². The number of aryl methyl sites for hydroxylation is 1. The number of hydrogen-bond acceptors (Lipinski definition) is 4. The molecule has 1 atom stereocenters. The summed E-state index contributed by atoms with van der Waals surface area (Å²) in [6, 6.07) is 5.45. The van der Waals surface area contributed by atoms with Crippen molar-refractivity contribution in [3.63, 3.8) is 0 Å². The monoisotopic (exact) mass is 333 g/mol. The highest BCUT2D eigenvalue weighted by Crippen LogP contribution is 2.23. The average Bonchev–Trinajstić information content (AvgIpc) is 3.05. The minimum absolute atomic E-state index is 0.0711. The van der Waals surface area contributed by atoms with Crippen LogP contribution in [0.5, 0.6) is 0 Å². The molecule has 122 valence electrons. The van der Waals surface area contributed by atoms with Crippen LogP contribution in [0.3, 0.4) is 0 Å². The van der Waals surface area contributed by atoms with Crippen molar-refractivity contribution >= 4 is 17.2 Å². The maximum atomic E-state index is 12.7. The molecule has 2 aromatic rings. The van der Waals surface area contributed by atoms with Gasteiger partial charge in [-0.15, -0.1) is 11.3 Å². The summed E-state index contributed by atoms with van der Waals surface area (Å²) >= 11 is 1.73. The van der Waals surface area contributed by atoms with Crippen LogP contribution in [0.4, 0.5) is 0 Å². The summed E-state index contributed by atoms with van der Waals surface area (Å²) in [5.74, 6) is -0.260. The van der Waals surface area contributed by atoms with Crippen LogP contribution < -0.4 is 11.2 Å². The van der Waals surface area contributed by atoms with E-state index >= 15 is 0 Å². The van der Waals surface area contributed by atoms with Crippen LogP contribution >= 0.6 is 11.3 Å². The number of piperidine rings is 1. The third-order valence-electron chi connectivity index (χ3n) is 4.18. The summed E-state index contributed by atoms with van der Waals surface area (Å²) in [6.07, 6.45) is 4.86. The number of nitrogens with one attached hydrogen (secondary N) is 2. The Morgan fingerprint density at radius 2 is 2.17 bits per heavy atom. The van der Waals surface area contributed by atoms with E-state index in [9.17, 15) is 14.4 Å². The fraction of sp³-hybridized carbons (Fsp3) is 0.438. The fourth-order valence-electron chi connectivity index (χ4n) is 3.07. The number of aromatic nitrogens is 2. The first kappa shape index (κ1) is 15.7. The number of carbonyl (C=O) groups excluding carboxylic acids is 1. The Hall–Kier alpha value is -2.15. The number of amides is 1. The molecule has 0 bridgehead atoms. The molecule has 7 heteroatoms. The quantitative estimate of drug-likeness (QED) is 0.894. The molecule has 1 amide bonds. The standard InChI is InChI=1S/C16H19N3O3S/c20-14-10-13(17-16(22)18-14)15(21)19-8-2-1-4-11(19)6-7-12-5-3-9-23-12/h3,5,9-11H,1-2,4,6-8H2,(H2,17,18,20,22)/t11-/m1/s1. The number of rotatable bonds is 4. The lowest BCUT2D eigenvalue weighted by molar-refractivity contribution is 0.0595. The molecule has 2 N–H and O–H groups in total. The number of aromatic amines is 2. The highest BCUT2D eigenvalue weighted by molar-refractivity contribution is 7.09. The molecule has 0 saturated carbocycles. The van der Waals surface area contributed by atoms with E-state index in [1.807, 2.05) is 11.0 Å². The van der Waals surface area contributed by atoms with Crippen LogP contribution in [0.2, 0.25) is 0 Å². The molecule has 0 spiro atoms. The number of nitrogens with zero attached hydrogens (tertiary/aromatic N) is 1. The summed E-state index contributed by atoms with van der Waals surface area (Å²) in [5.41, 5.74) is -1.13. The minimum atomic E-state index is -0.645. The molecule has 2 aromatic heterocycles. The zero-order valence-corrected chi connectivity index (χ0v) is 13.5. The van der Waals surface area contributed by atoms with Crippen LogP contribution in [0.25, 0.3) is 0 Å². The lowest BCUT2D eigenvalue weighted by Gasteiger charge is -2.35. The summed E-state index contributed by atoms with van der Waals surface area (Å²) in [6.45, 7) is 0.669. The fourth-order valence-corrected chi connectivity index (χ4v) is 3.80. The van der Waals surface area contributed by atoms with Crippen LogP contribution in [0.1, 0.15) is 41.0 Å². The van der Waals surface area contributed by atoms with E-state index < -0.39 is 11.2 Å². The van der Waals surface area contributed by atoms with Crippen molar-refractivity contribution in [2.75, 3.05) is 6.54 Å². The molecule has 0 radical (unpaired) electrons. The second-order valence-corrected chi connectivity index (χ2v) is 6.80. The first-order chi connectivity index (χ1) is 11.1. The SMILES string of the molecule is O=C(c1cc(=O)[nH]c(=O)[nH]1)N1CCCC[C@@H]1CCc1cccs1. The Labute approximate surface area is 137 Å². The predicted molar refractivity (Wildman–Crippen MR) is 89.0 cm³/mol. The van der Waals surface area contributed by atoms with Crippen LogP contribution in [-0.2, 0) is 6.42 Å². The van der Waals surface area contributed by atoms with E-state index in [1.54, 1.807) is 11.3 Å². The normalized spacial score (nSPS) is 18.1. The third-order valence-corrected chi connectivity index (χ3v) is 5.12. The lowest BCUT2D eigenvalue weighted by atomic mass is 9.97. The van der Waals surface area contributed by atoms with Gasteiger partial charge in [0.15, 0.2) is 0 Å². The van der Waals surface area contributed by atoms with Crippen molar-refractivity contribution in [3.8, 4) is 0 Å². The van der Waals surface area contributed by atoms with E-state index in [0.29, 0.717) is 6.54 Å². The van der Waals surface area contributed by atoms with Gasteiger partial charge in [0.05, 0.1) is 0 Å². The van der Waals surface area contributed by atoms with Gasteiger partial charge in [-0.05, 0) is 43.6 Å². The maximum Gasteiger partial charge on any atom is 0.326 e. The van der Waals surface area contributed by atoms with Crippen molar-refractivity contribution in [3.05, 3.63) is 55.0 Å². The minimum Gasteiger partial charge on any atom is -0.334 e. The summed E-state index contributed by atoms with van der Waals surface area (Å²) < 4.78 is 0. The highest BCUT2D eigenvalue weighted by atomic mass is 32.1. The molecule has 0 aliphatic carbocycles. The molecule has 23 heavy (non-hydrogen) atoms. The third kappa shape index (κ3) is 3.79. The molecule has 1 aliphatic rings. The van der Waals surface area contributed by atoms with E-state index in [1.165, 1.54) is 4.88 Å². The van der Waals surface area contributed by atoms with Crippen molar-refractivity contribution in [2.45, 2.75) is 38.1 Å². The van der Waals surface area contributed by atoms with Gasteiger partial charge < -0.3 is 9.88 Å². The Morgan fingerprint density at radius 3 is 2.91 bits per heavy atom. The Morgan fingerprint density at radius 1 is 1.30 bits per heavy atom. The molecule has 1 saturated heterocycles. The van der Waals surface area contributed by atoms with Gasteiger partial charge in [0.25, 0.3) is 11.5 Å². The summed E-state index contributed by atoms with van der Waals surface area (Å²) in [7, 11) is 0. The van der Waals surface area contributed by atoms with E-state index in [4.69, 9.17) is 0 Å². The Bertz CT molecular complexity index is 750. The van der Waals surface area contributed by atoms with Gasteiger partial charge in [-0.1, -0.05) is 6.07 Å². The number of thiophene rings is 1. The van der Waals surface area contributed by atoms with Crippen LogP contribution in [0.15, 0.2) is 33.2 Å². The van der Waals surface area contributed by atoms with Gasteiger partial charge in [-0.3, -0.25) is 14.6 Å². The number of hydrogen-bond donors (Lipinski definition) is 2. The van der Waals surface area contributed by atoms with Crippen molar-refractivity contribution < 1.29 is 4.79 Å². The van der Waals surface area contributed by atoms with E-state index in [-0.39, 0.29) is 17.6 Å². The lowest BCUT2D eigenvalue weighted by Crippen LogP contribution is -2.45. The number of H-pyrrole nitrogens is 2. The summed E-state index contributed by atoms with van der Waals surface area (Å²) in [5, 5.41) is 2.06. The molecule has 3 heterocycles. The Kier molecular flexibility index (Phi) is 4.76. The smallest absolute Gasteiger partial charge is 0.326 e. The van der Waals surface area contributed by atoms with Crippen LogP contribution in [-0.4, -0.2) is 33.4 Å². The summed E-state index contributed by atoms with van der Waals surface area (Å²) in [4.78, 5) is 43.1. The predicted octanol–water partition coefficient (Wildman–Crippen LogP) is 1.75. The van der Waals surface area contributed by atoms with Gasteiger partial charge in [-0.25, -0.2) is 4.79 Å². The number of likely N-dealkylation sites (tertiary alicyclic amines) is 1. The largest absolute Gasteiger partial charge is 0.334 e.